The van der Waals surface area contributed by atoms with E-state index in [1.165, 1.54) is 66.4 Å². The Morgan fingerprint density at radius 2 is 1.56 bits per heavy atom. The van der Waals surface area contributed by atoms with Gasteiger partial charge in [-0.05, 0) is 69.6 Å². The molecule has 3 aliphatic carbocycles. The Bertz CT molecular complexity index is 3290. The molecule has 2 aromatic rings. The fourth-order valence-corrected chi connectivity index (χ4v) is 13.7. The molecule has 11 rings (SSSR count). The third-order valence-corrected chi connectivity index (χ3v) is 18.9. The SMILES string of the molecule is C=C1C(C(=O)O)=CN(C2CC2)c2c1cc(F)c(N1CCC(C3(N4CCN(C5=C6NC(=O)/C(C)=C\C=C\[C@H](C)[C@H](O)[C@@H](C)[C@@H](O)[C@@H](C)[C@H](OC(C)=O)[C@H](C)[C@@H](OC)/C=C/O[C@@]7(C)Oc8c(C)c(O)c(c(c8C7=O)C5=O)C6=O)CC4)CC3)C1)c2OC. The Morgan fingerprint density at radius 1 is 0.869 bits per heavy atom. The summed E-state index contributed by atoms with van der Waals surface area (Å²) in [6, 6.07) is 1.41. The summed E-state index contributed by atoms with van der Waals surface area (Å²) in [6.07, 6.45) is 9.02. The maximum atomic E-state index is 16.6. The largest absolute Gasteiger partial charge is 0.507 e. The molecule has 2 saturated heterocycles. The summed E-state index contributed by atoms with van der Waals surface area (Å²) in [7, 11) is 2.92. The number of piperazine rings is 1. The first-order valence-electron chi connectivity index (χ1n) is 28.9. The molecule has 2 saturated carbocycles. The number of fused-ring (bicyclic) bond motifs is 15. The predicted molar refractivity (Wildman–Crippen MR) is 307 cm³/mol. The van der Waals surface area contributed by atoms with Gasteiger partial charge in [0.05, 0.1) is 59.6 Å². The Kier molecular flexibility index (Phi) is 16.1. The number of amides is 1. The molecule has 10 atom stereocenters. The number of phenolic OH excluding ortho intramolecular Hbond substituents is 1. The molecule has 6 aliphatic heterocycles. The summed E-state index contributed by atoms with van der Waals surface area (Å²) in [5.74, 6) is -10.8. The van der Waals surface area contributed by atoms with Crippen LogP contribution in [0.5, 0.6) is 17.2 Å². The number of aliphatic carboxylic acids is 1. The number of carboxylic acids is 1. The second-order valence-corrected chi connectivity index (χ2v) is 24.1. The number of methoxy groups -OCH3 is 2. The number of esters is 1. The fraction of sp³-hybridized carbons (Fsp3) is 0.524. The normalized spacial score (nSPS) is 31.6. The van der Waals surface area contributed by atoms with Crippen LogP contribution in [0.15, 0.2) is 72.0 Å². The molecular formula is C63H76FN5O15. The Balaban J connectivity index is 0.963. The van der Waals surface area contributed by atoms with Crippen molar-refractivity contribution < 1.29 is 77.3 Å². The van der Waals surface area contributed by atoms with E-state index in [9.17, 15) is 39.6 Å². The first kappa shape index (κ1) is 59.8. The topological polar surface area (TPSA) is 254 Å². The molecular weight excluding hydrogens is 1090 g/mol. The van der Waals surface area contributed by atoms with E-state index in [0.29, 0.717) is 48.9 Å². The molecule has 1 amide bonds. The smallest absolute Gasteiger partial charge is 0.337 e. The van der Waals surface area contributed by atoms with Crippen LogP contribution in [-0.4, -0.2) is 161 Å². The van der Waals surface area contributed by atoms with Gasteiger partial charge in [0.15, 0.2) is 11.6 Å². The first-order chi connectivity index (χ1) is 39.8. The van der Waals surface area contributed by atoms with E-state index in [-0.39, 0.29) is 75.6 Å². The summed E-state index contributed by atoms with van der Waals surface area (Å²) in [4.78, 5) is 92.7. The Hall–Kier alpha value is -7.33. The number of carbonyl (C=O) groups excluding carboxylic acids is 5. The van der Waals surface area contributed by atoms with Gasteiger partial charge in [0.2, 0.25) is 11.6 Å². The van der Waals surface area contributed by atoms with Crippen molar-refractivity contribution in [1.82, 2.24) is 15.1 Å². The number of ether oxygens (including phenoxy) is 5. The van der Waals surface area contributed by atoms with E-state index >= 15 is 14.0 Å². The number of allylic oxidation sites excluding steroid dienone is 4. The van der Waals surface area contributed by atoms with Gasteiger partial charge in [-0.2, -0.15) is 0 Å². The van der Waals surface area contributed by atoms with Crippen molar-refractivity contribution in [3.8, 4) is 17.2 Å². The van der Waals surface area contributed by atoms with Crippen molar-refractivity contribution in [2.24, 2.45) is 29.6 Å². The van der Waals surface area contributed by atoms with Crippen molar-refractivity contribution in [2.45, 2.75) is 129 Å². The molecule has 21 heteroatoms. The van der Waals surface area contributed by atoms with Crippen LogP contribution in [0.3, 0.4) is 0 Å². The molecule has 6 heterocycles. The van der Waals surface area contributed by atoms with Crippen molar-refractivity contribution in [3.05, 3.63) is 106 Å². The van der Waals surface area contributed by atoms with Gasteiger partial charge < -0.3 is 64.1 Å². The van der Waals surface area contributed by atoms with E-state index in [0.717, 1.165) is 32.1 Å². The number of halogens is 1. The molecule has 0 aromatic heterocycles. The van der Waals surface area contributed by atoms with Gasteiger partial charge in [0.25, 0.3) is 11.7 Å². The number of ketones is 3. The van der Waals surface area contributed by atoms with E-state index in [1.807, 2.05) is 9.80 Å². The highest BCUT2D eigenvalue weighted by atomic mass is 19.1. The predicted octanol–water partition coefficient (Wildman–Crippen LogP) is 6.75. The van der Waals surface area contributed by atoms with Gasteiger partial charge in [0, 0.05) is 118 Å². The lowest BCUT2D eigenvalue weighted by atomic mass is 9.78. The number of nitrogens with zero attached hydrogens (tertiary/aromatic N) is 4. The number of Topliss-reactive ketones (excluding diaryl/α,β-unsaturated/α-hetero) is 3. The van der Waals surface area contributed by atoms with Crippen LogP contribution >= 0.6 is 0 Å². The molecule has 1 unspecified atom stereocenters. The third kappa shape index (κ3) is 10.2. The molecule has 450 valence electrons. The number of aromatic hydroxyl groups is 1. The number of hydrogen-bond acceptors (Lipinski definition) is 18. The van der Waals surface area contributed by atoms with Crippen molar-refractivity contribution >= 4 is 52.1 Å². The Morgan fingerprint density at radius 3 is 2.18 bits per heavy atom. The number of carboxylic acid groups (broad SMARTS) is 1. The monoisotopic (exact) mass is 1160 g/mol. The lowest BCUT2D eigenvalue weighted by Crippen LogP contribution is -2.55. The molecule has 4 fully saturated rings. The van der Waals surface area contributed by atoms with E-state index in [4.69, 9.17) is 23.7 Å². The standard InChI is InChI=1S/C63H76FN5O15/c1-30-13-12-14-31(2)60(77)65-47-50(66-22-24-68(25-23-66)63(19-20-63)38-17-21-67(28-38)49-42(64)27-40-32(3)41(61(78)79)29-69(39-15-16-39)48(40)58(49)81-11)55(75)44-45(54(47)74)53(73)36(7)57-46(44)59(76)62(9,84-57)82-26-18-43(80-10)33(4)56(83-37(8)70)35(6)52(72)34(5)51(30)71/h12-14,18,26-27,29-30,33-35,38-39,43,51-52,56,71-73H,3,15-17,19-25,28H2,1-2,4-11H3,(H,65,77)(H,78,79)/b13-12+,26-18+,31-14-/t30-,33+,34+,35+,38?,43-,51-,52+,56+,62-/m0/s1. The zero-order valence-corrected chi connectivity index (χ0v) is 49.2. The summed E-state index contributed by atoms with van der Waals surface area (Å²) < 4.78 is 46.6. The highest BCUT2D eigenvalue weighted by molar-refractivity contribution is 6.32. The molecule has 0 radical (unpaired) electrons. The molecule has 5 bridgehead atoms. The van der Waals surface area contributed by atoms with E-state index < -0.39 is 112 Å². The van der Waals surface area contributed by atoms with Crippen LogP contribution in [0.4, 0.5) is 15.8 Å². The zero-order chi connectivity index (χ0) is 60.8. The summed E-state index contributed by atoms with van der Waals surface area (Å²) in [5.41, 5.74) is -0.433. The molecule has 0 spiro atoms. The van der Waals surface area contributed by atoms with Crippen molar-refractivity contribution in [3.63, 3.8) is 0 Å². The number of aliphatic hydroxyl groups is 2. The number of hydrogen-bond donors (Lipinski definition) is 5. The van der Waals surface area contributed by atoms with Gasteiger partial charge in [-0.15, -0.1) is 0 Å². The summed E-state index contributed by atoms with van der Waals surface area (Å²) in [5, 5.41) is 47.9. The second-order valence-electron chi connectivity index (χ2n) is 24.1. The summed E-state index contributed by atoms with van der Waals surface area (Å²) >= 11 is 0. The minimum Gasteiger partial charge on any atom is -0.507 e. The third-order valence-electron chi connectivity index (χ3n) is 18.9. The van der Waals surface area contributed by atoms with Crippen molar-refractivity contribution in [1.29, 1.82) is 0 Å². The average Bonchev–Trinajstić information content (AvgIpc) is 1.62. The quantitative estimate of drug-likeness (QED) is 0.163. The molecule has 9 aliphatic rings. The fourth-order valence-electron chi connectivity index (χ4n) is 13.7. The van der Waals surface area contributed by atoms with Crippen LogP contribution in [-0.2, 0) is 28.6 Å². The minimum atomic E-state index is -2.15. The zero-order valence-electron chi connectivity index (χ0n) is 49.2. The maximum Gasteiger partial charge on any atom is 0.337 e. The number of aliphatic hydroxyl groups excluding tert-OH is 2. The average molecular weight is 1160 g/mol. The number of carbonyl (C=O) groups is 6. The van der Waals surface area contributed by atoms with Gasteiger partial charge in [0.1, 0.15) is 34.7 Å². The highest BCUT2D eigenvalue weighted by Gasteiger charge is 2.57. The number of benzene rings is 2. The number of nitrogens with one attached hydrogen (secondary N) is 1. The van der Waals surface area contributed by atoms with Crippen LogP contribution in [0, 0.1) is 42.3 Å². The van der Waals surface area contributed by atoms with Crippen LogP contribution in [0.2, 0.25) is 0 Å². The molecule has 5 N–H and O–H groups in total. The lowest BCUT2D eigenvalue weighted by molar-refractivity contribution is -0.160. The Labute approximate surface area is 487 Å². The van der Waals surface area contributed by atoms with E-state index in [1.54, 1.807) is 50.9 Å². The van der Waals surface area contributed by atoms with E-state index in [2.05, 4.69) is 16.8 Å². The van der Waals surface area contributed by atoms with Gasteiger partial charge in [-0.3, -0.25) is 28.9 Å². The number of anilines is 2. The molecule has 2 aromatic carbocycles. The first-order valence-corrected chi connectivity index (χ1v) is 28.9. The summed E-state index contributed by atoms with van der Waals surface area (Å²) in [6.45, 7) is 18.7. The number of rotatable bonds is 9. The van der Waals surface area contributed by atoms with Gasteiger partial charge >= 0.3 is 17.7 Å². The second kappa shape index (κ2) is 22.6. The highest BCUT2D eigenvalue weighted by Crippen LogP contribution is 2.56. The molecule has 84 heavy (non-hydrogen) atoms. The van der Waals surface area contributed by atoms with Crippen LogP contribution < -0.4 is 24.6 Å². The van der Waals surface area contributed by atoms with Crippen molar-refractivity contribution in [2.75, 3.05) is 63.3 Å². The maximum absolute atomic E-state index is 16.6. The lowest BCUT2D eigenvalue weighted by Gasteiger charge is -2.44. The molecule has 20 nitrogen and oxygen atoms in total. The number of phenols is 1. The van der Waals surface area contributed by atoms with Gasteiger partial charge in [-0.25, -0.2) is 9.18 Å². The minimum absolute atomic E-state index is 0.00146. The van der Waals surface area contributed by atoms with Gasteiger partial charge in [-0.1, -0.05) is 52.5 Å². The van der Waals surface area contributed by atoms with Crippen LogP contribution in [0.25, 0.3) is 5.57 Å². The van der Waals surface area contributed by atoms with Crippen LogP contribution in [0.1, 0.15) is 123 Å².